The smallest absolute Gasteiger partial charge is 0.330 e. The summed E-state index contributed by atoms with van der Waals surface area (Å²) >= 11 is 0. The highest BCUT2D eigenvalue weighted by Crippen LogP contribution is 2.23. The van der Waals surface area contributed by atoms with Crippen LogP contribution in [-0.4, -0.2) is 44.8 Å². The lowest BCUT2D eigenvalue weighted by molar-refractivity contribution is -0.386. The second-order valence-electron chi connectivity index (χ2n) is 6.47. The molecule has 0 bridgehead atoms. The lowest BCUT2D eigenvalue weighted by atomic mass is 10.1. The number of amides is 1. The van der Waals surface area contributed by atoms with E-state index in [1.165, 1.54) is 16.8 Å². The Hall–Kier alpha value is -2.91. The topological polar surface area (TPSA) is 81.3 Å². The van der Waals surface area contributed by atoms with Crippen LogP contribution in [0.2, 0.25) is 0 Å². The molecule has 0 saturated heterocycles. The summed E-state index contributed by atoms with van der Waals surface area (Å²) in [6, 6.07) is 6.12. The van der Waals surface area contributed by atoms with Gasteiger partial charge < -0.3 is 4.90 Å². The van der Waals surface area contributed by atoms with Gasteiger partial charge in [-0.2, -0.15) is 18.3 Å². The number of hydrogen-bond donors (Lipinski definition) is 0. The number of aromatic nitrogens is 2. The molecule has 0 aliphatic rings. The molecule has 0 aliphatic carbocycles. The first kappa shape index (κ1) is 21.4. The van der Waals surface area contributed by atoms with E-state index in [1.54, 1.807) is 32.9 Å². The molecule has 7 nitrogen and oxygen atoms in total. The van der Waals surface area contributed by atoms with E-state index in [-0.39, 0.29) is 24.3 Å². The van der Waals surface area contributed by atoms with Gasteiger partial charge in [-0.05, 0) is 38.0 Å². The highest BCUT2D eigenvalue weighted by molar-refractivity contribution is 5.94. The first-order chi connectivity index (χ1) is 13.0. The van der Waals surface area contributed by atoms with E-state index in [2.05, 4.69) is 5.10 Å². The van der Waals surface area contributed by atoms with Gasteiger partial charge in [0, 0.05) is 12.1 Å². The molecule has 1 aromatic carbocycles. The van der Waals surface area contributed by atoms with Crippen LogP contribution in [0.4, 0.5) is 18.9 Å². The summed E-state index contributed by atoms with van der Waals surface area (Å²) < 4.78 is 39.6. The normalized spacial score (nSPS) is 11.5. The molecular formula is C18H21F3N4O3. The minimum absolute atomic E-state index is 0.00945. The number of hydrogen-bond acceptors (Lipinski definition) is 4. The molecular weight excluding hydrogens is 377 g/mol. The first-order valence-corrected chi connectivity index (χ1v) is 8.66. The van der Waals surface area contributed by atoms with E-state index in [4.69, 9.17) is 0 Å². The van der Waals surface area contributed by atoms with Crippen molar-refractivity contribution in [1.82, 2.24) is 14.7 Å². The predicted octanol–water partition coefficient (Wildman–Crippen LogP) is 3.87. The van der Waals surface area contributed by atoms with Gasteiger partial charge in [0.15, 0.2) is 0 Å². The van der Waals surface area contributed by atoms with Crippen LogP contribution in [0.5, 0.6) is 0 Å². The lowest BCUT2D eigenvalue weighted by Gasteiger charge is -2.23. The fourth-order valence-corrected chi connectivity index (χ4v) is 2.95. The molecule has 2 aromatic rings. The van der Waals surface area contributed by atoms with Gasteiger partial charge >= 0.3 is 11.9 Å². The molecule has 28 heavy (non-hydrogen) atoms. The molecule has 0 spiro atoms. The third-order valence-corrected chi connectivity index (χ3v) is 4.21. The summed E-state index contributed by atoms with van der Waals surface area (Å²) in [5.74, 6) is -0.688. The second-order valence-corrected chi connectivity index (χ2v) is 6.47. The minimum Gasteiger partial charge on any atom is -0.330 e. The number of nitrogens with zero attached hydrogens (tertiary/aromatic N) is 4. The molecule has 1 heterocycles. The Morgan fingerprint density at radius 2 is 1.86 bits per heavy atom. The fraction of sp³-hybridized carbons (Fsp3) is 0.444. The van der Waals surface area contributed by atoms with Crippen LogP contribution in [0, 0.1) is 24.0 Å². The van der Waals surface area contributed by atoms with Gasteiger partial charge in [0.05, 0.1) is 11.5 Å². The Balaban J connectivity index is 2.18. The van der Waals surface area contributed by atoms with Crippen molar-refractivity contribution in [3.8, 4) is 0 Å². The van der Waals surface area contributed by atoms with E-state index in [1.807, 2.05) is 0 Å². The summed E-state index contributed by atoms with van der Waals surface area (Å²) in [6.45, 7) is 3.80. The number of rotatable bonds is 7. The molecule has 1 aromatic heterocycles. The van der Waals surface area contributed by atoms with Crippen LogP contribution in [0.1, 0.15) is 40.7 Å². The van der Waals surface area contributed by atoms with Crippen LogP contribution in [0.3, 0.4) is 0 Å². The van der Waals surface area contributed by atoms with E-state index in [0.717, 1.165) is 10.5 Å². The highest BCUT2D eigenvalue weighted by Gasteiger charge is 2.33. The zero-order valence-corrected chi connectivity index (χ0v) is 15.8. The van der Waals surface area contributed by atoms with Crippen LogP contribution >= 0.6 is 0 Å². The zero-order valence-electron chi connectivity index (χ0n) is 15.8. The monoisotopic (exact) mass is 398 g/mol. The summed E-state index contributed by atoms with van der Waals surface area (Å²) in [5, 5.41) is 15.2. The molecule has 152 valence electrons. The minimum atomic E-state index is -4.46. The molecule has 10 heteroatoms. The van der Waals surface area contributed by atoms with E-state index < -0.39 is 23.6 Å². The van der Waals surface area contributed by atoms with Crippen molar-refractivity contribution in [2.45, 2.75) is 39.9 Å². The van der Waals surface area contributed by atoms with Crippen molar-refractivity contribution in [2.24, 2.45) is 0 Å². The van der Waals surface area contributed by atoms with Gasteiger partial charge in [-0.15, -0.1) is 0 Å². The summed E-state index contributed by atoms with van der Waals surface area (Å²) in [6.07, 6.45) is -4.05. The van der Waals surface area contributed by atoms with Gasteiger partial charge in [-0.3, -0.25) is 19.6 Å². The molecule has 0 N–H and O–H groups in total. The Labute approximate surface area is 159 Å². The van der Waals surface area contributed by atoms with Crippen molar-refractivity contribution in [2.75, 3.05) is 13.1 Å². The van der Waals surface area contributed by atoms with Gasteiger partial charge in [-0.1, -0.05) is 19.1 Å². The first-order valence-electron chi connectivity index (χ1n) is 8.66. The maximum Gasteiger partial charge on any atom is 0.406 e. The predicted molar refractivity (Wildman–Crippen MR) is 96.1 cm³/mol. The number of carbonyl (C=O) groups excluding carboxylic acids is 1. The second kappa shape index (κ2) is 8.41. The summed E-state index contributed by atoms with van der Waals surface area (Å²) in [5.41, 5.74) is 1.53. The molecule has 0 unspecified atom stereocenters. The Morgan fingerprint density at radius 3 is 2.32 bits per heavy atom. The number of carbonyl (C=O) groups is 1. The summed E-state index contributed by atoms with van der Waals surface area (Å²) in [7, 11) is 0. The van der Waals surface area contributed by atoms with Gasteiger partial charge in [0.1, 0.15) is 17.9 Å². The number of nitro groups is 1. The molecule has 0 aliphatic heterocycles. The third kappa shape index (κ3) is 5.08. The van der Waals surface area contributed by atoms with Crippen LogP contribution < -0.4 is 0 Å². The molecule has 0 radical (unpaired) electrons. The molecule has 0 saturated carbocycles. The van der Waals surface area contributed by atoms with Crippen LogP contribution in [0.15, 0.2) is 24.3 Å². The van der Waals surface area contributed by atoms with Gasteiger partial charge in [-0.25, -0.2) is 0 Å². The van der Waals surface area contributed by atoms with E-state index in [0.29, 0.717) is 17.8 Å². The van der Waals surface area contributed by atoms with Gasteiger partial charge in [0.25, 0.3) is 5.91 Å². The van der Waals surface area contributed by atoms with Crippen molar-refractivity contribution >= 4 is 11.6 Å². The fourth-order valence-electron chi connectivity index (χ4n) is 2.95. The van der Waals surface area contributed by atoms with Crippen molar-refractivity contribution < 1.29 is 22.9 Å². The lowest BCUT2D eigenvalue weighted by Crippen LogP contribution is -2.39. The molecule has 1 amide bonds. The maximum atomic E-state index is 12.7. The SMILES string of the molecule is CCCN(CC(F)(F)F)C(=O)c1ccc(Cn2nc(C)c([N+](=O)[O-])c2C)cc1. The maximum absolute atomic E-state index is 12.7. The van der Waals surface area contributed by atoms with Crippen molar-refractivity contribution in [3.05, 3.63) is 56.9 Å². The van der Waals surface area contributed by atoms with E-state index >= 15 is 0 Å². The van der Waals surface area contributed by atoms with E-state index in [9.17, 15) is 28.1 Å². The van der Waals surface area contributed by atoms with Gasteiger partial charge in [0.2, 0.25) is 0 Å². The quantitative estimate of drug-likeness (QED) is 0.524. The Kier molecular flexibility index (Phi) is 6.42. The average molecular weight is 398 g/mol. The zero-order chi connectivity index (χ0) is 21.1. The van der Waals surface area contributed by atoms with Crippen molar-refractivity contribution in [3.63, 3.8) is 0 Å². The van der Waals surface area contributed by atoms with Crippen LogP contribution in [-0.2, 0) is 6.54 Å². The average Bonchev–Trinajstić information content (AvgIpc) is 2.87. The van der Waals surface area contributed by atoms with Crippen molar-refractivity contribution in [1.29, 1.82) is 0 Å². The largest absolute Gasteiger partial charge is 0.406 e. The summed E-state index contributed by atoms with van der Waals surface area (Å²) in [4.78, 5) is 23.8. The molecule has 0 atom stereocenters. The molecule has 2 rings (SSSR count). The highest BCUT2D eigenvalue weighted by atomic mass is 19.4. The Bertz CT molecular complexity index is 860. The number of halogens is 3. The molecule has 0 fully saturated rings. The standard InChI is InChI=1S/C18H21F3N4O3/c1-4-9-23(11-18(19,20)21)17(26)15-7-5-14(6-8-15)10-24-13(3)16(25(27)28)12(2)22-24/h5-8H,4,9-11H2,1-3H3. The Morgan fingerprint density at radius 1 is 1.25 bits per heavy atom. The third-order valence-electron chi connectivity index (χ3n) is 4.21. The van der Waals surface area contributed by atoms with Crippen LogP contribution in [0.25, 0.3) is 0 Å². The number of benzene rings is 1. The number of aryl methyl sites for hydroxylation is 1. The number of alkyl halides is 3.